The van der Waals surface area contributed by atoms with Crippen LogP contribution in [0, 0.1) is 5.41 Å². The number of methoxy groups -OCH3 is 1. The Hall–Kier alpha value is -1.45. The van der Waals surface area contributed by atoms with Gasteiger partial charge in [-0.25, -0.2) is 0 Å². The fourth-order valence-corrected chi connectivity index (χ4v) is 1.16. The maximum absolute atomic E-state index is 5.83. The first-order valence-electron chi connectivity index (χ1n) is 5.53. The Bertz CT molecular complexity index is 350. The minimum absolute atomic E-state index is 0.233. The lowest BCUT2D eigenvalue weighted by atomic mass is 9.90. The van der Waals surface area contributed by atoms with Crippen LogP contribution in [0.3, 0.4) is 0 Å². The molecule has 0 radical (unpaired) electrons. The first kappa shape index (κ1) is 12.6. The summed E-state index contributed by atoms with van der Waals surface area (Å²) >= 11 is 0. The van der Waals surface area contributed by atoms with E-state index in [2.05, 4.69) is 31.1 Å². The molecule has 0 amide bonds. The molecule has 0 aliphatic heterocycles. The molecule has 1 aromatic heterocycles. The van der Waals surface area contributed by atoms with E-state index in [0.717, 1.165) is 13.0 Å². The van der Waals surface area contributed by atoms with Gasteiger partial charge in [0.25, 0.3) is 0 Å². The van der Waals surface area contributed by atoms with Gasteiger partial charge in [0.2, 0.25) is 5.88 Å². The highest BCUT2D eigenvalue weighted by atomic mass is 16.5. The lowest BCUT2D eigenvalue weighted by Gasteiger charge is -2.23. The van der Waals surface area contributed by atoms with Gasteiger partial charge in [0.15, 0.2) is 5.82 Å². The summed E-state index contributed by atoms with van der Waals surface area (Å²) in [5.41, 5.74) is 6.71. The number of anilines is 2. The number of nitrogens with two attached hydrogens (primary N) is 1. The van der Waals surface area contributed by atoms with E-state index in [9.17, 15) is 0 Å². The van der Waals surface area contributed by atoms with Crippen molar-refractivity contribution in [1.29, 1.82) is 0 Å². The summed E-state index contributed by atoms with van der Waals surface area (Å²) in [7, 11) is 1.60. The van der Waals surface area contributed by atoms with E-state index < -0.39 is 0 Å². The minimum atomic E-state index is 0.233. The Labute approximate surface area is 97.2 Å². The highest BCUT2D eigenvalue weighted by Gasteiger charge is 2.15. The van der Waals surface area contributed by atoms with Crippen molar-refractivity contribution in [3.63, 3.8) is 0 Å². The van der Waals surface area contributed by atoms with E-state index in [1.807, 2.05) is 0 Å². The average Bonchev–Trinajstić information content (AvgIpc) is 2.28. The van der Waals surface area contributed by atoms with Crippen LogP contribution >= 0.6 is 0 Å². The molecule has 1 rings (SSSR count). The fraction of sp³-hybridized carbons (Fsp3) is 0.583. The van der Waals surface area contributed by atoms with Crippen molar-refractivity contribution in [2.45, 2.75) is 27.2 Å². The van der Waals surface area contributed by atoms with Crippen molar-refractivity contribution in [2.24, 2.45) is 5.41 Å². The van der Waals surface area contributed by atoms with Crippen LogP contribution in [0.1, 0.15) is 27.2 Å². The van der Waals surface area contributed by atoms with E-state index in [4.69, 9.17) is 10.5 Å². The summed E-state index contributed by atoms with van der Waals surface area (Å²) in [4.78, 5) is 4.27. The first-order valence-corrected chi connectivity index (χ1v) is 5.53. The third-order valence-electron chi connectivity index (χ3n) is 2.80. The zero-order valence-electron chi connectivity index (χ0n) is 10.5. The van der Waals surface area contributed by atoms with Crippen molar-refractivity contribution in [1.82, 2.24) is 4.98 Å². The Morgan fingerprint density at radius 1 is 1.44 bits per heavy atom. The number of hydrogen-bond donors (Lipinski definition) is 2. The summed E-state index contributed by atoms with van der Waals surface area (Å²) in [6.07, 6.45) is 1.10. The molecular weight excluding hydrogens is 202 g/mol. The maximum Gasteiger partial charge on any atom is 0.215 e. The quantitative estimate of drug-likeness (QED) is 0.805. The Balaban J connectivity index is 2.73. The SMILES string of the molecule is CCC(C)(C)CNc1nc(OC)ccc1N. The predicted molar refractivity (Wildman–Crippen MR) is 67.8 cm³/mol. The van der Waals surface area contributed by atoms with Crippen molar-refractivity contribution in [2.75, 3.05) is 24.7 Å². The monoisotopic (exact) mass is 223 g/mol. The zero-order valence-corrected chi connectivity index (χ0v) is 10.5. The fourth-order valence-electron chi connectivity index (χ4n) is 1.16. The summed E-state index contributed by atoms with van der Waals surface area (Å²) < 4.78 is 5.06. The minimum Gasteiger partial charge on any atom is -0.481 e. The van der Waals surface area contributed by atoms with Gasteiger partial charge in [-0.1, -0.05) is 20.8 Å². The molecule has 0 spiro atoms. The number of nitrogens with zero attached hydrogens (tertiary/aromatic N) is 1. The lowest BCUT2D eigenvalue weighted by molar-refractivity contribution is 0.375. The largest absolute Gasteiger partial charge is 0.481 e. The van der Waals surface area contributed by atoms with Gasteiger partial charge in [-0.2, -0.15) is 4.98 Å². The van der Waals surface area contributed by atoms with Crippen LogP contribution in [0.4, 0.5) is 11.5 Å². The Morgan fingerprint density at radius 3 is 2.69 bits per heavy atom. The highest BCUT2D eigenvalue weighted by Crippen LogP contribution is 2.24. The molecule has 1 aromatic rings. The second kappa shape index (κ2) is 5.05. The second-order valence-corrected chi connectivity index (χ2v) is 4.66. The smallest absolute Gasteiger partial charge is 0.215 e. The second-order valence-electron chi connectivity index (χ2n) is 4.66. The molecule has 0 saturated carbocycles. The zero-order chi connectivity index (χ0) is 12.2. The molecule has 1 heterocycles. The Kier molecular flexibility index (Phi) is 3.99. The van der Waals surface area contributed by atoms with E-state index in [1.54, 1.807) is 19.2 Å². The molecule has 90 valence electrons. The van der Waals surface area contributed by atoms with Gasteiger partial charge in [-0.05, 0) is 17.9 Å². The third-order valence-corrected chi connectivity index (χ3v) is 2.80. The normalized spacial score (nSPS) is 11.2. The molecule has 0 aliphatic carbocycles. The molecule has 0 fully saturated rings. The van der Waals surface area contributed by atoms with E-state index in [1.165, 1.54) is 0 Å². The number of nitrogens with one attached hydrogen (secondary N) is 1. The van der Waals surface area contributed by atoms with Crippen molar-refractivity contribution in [3.8, 4) is 5.88 Å². The molecule has 4 nitrogen and oxygen atoms in total. The molecule has 4 heteroatoms. The average molecular weight is 223 g/mol. The molecule has 16 heavy (non-hydrogen) atoms. The number of hydrogen-bond acceptors (Lipinski definition) is 4. The van der Waals surface area contributed by atoms with Crippen molar-refractivity contribution < 1.29 is 4.74 Å². The predicted octanol–water partition coefficient (Wildman–Crippen LogP) is 2.52. The Morgan fingerprint density at radius 2 is 2.12 bits per heavy atom. The van der Waals surface area contributed by atoms with Gasteiger partial charge >= 0.3 is 0 Å². The number of pyridine rings is 1. The van der Waals surface area contributed by atoms with Crippen LogP contribution < -0.4 is 15.8 Å². The molecule has 0 bridgehead atoms. The molecule has 3 N–H and O–H groups in total. The van der Waals surface area contributed by atoms with Crippen LogP contribution in [0.5, 0.6) is 5.88 Å². The molecule has 0 atom stereocenters. The molecule has 0 unspecified atom stereocenters. The molecule has 0 aliphatic rings. The van der Waals surface area contributed by atoms with Gasteiger partial charge in [-0.3, -0.25) is 0 Å². The van der Waals surface area contributed by atoms with Crippen LogP contribution in [-0.2, 0) is 0 Å². The topological polar surface area (TPSA) is 60.2 Å². The number of ether oxygens (including phenoxy) is 1. The number of nitrogen functional groups attached to an aromatic ring is 1. The van der Waals surface area contributed by atoms with Gasteiger partial charge in [0.05, 0.1) is 12.8 Å². The summed E-state index contributed by atoms with van der Waals surface area (Å²) in [6, 6.07) is 3.55. The number of aromatic nitrogens is 1. The van der Waals surface area contributed by atoms with Crippen molar-refractivity contribution in [3.05, 3.63) is 12.1 Å². The lowest BCUT2D eigenvalue weighted by Crippen LogP contribution is -2.23. The summed E-state index contributed by atoms with van der Waals surface area (Å²) in [5.74, 6) is 1.27. The first-order chi connectivity index (χ1) is 7.48. The van der Waals surface area contributed by atoms with Gasteiger partial charge in [0, 0.05) is 12.6 Å². The molecule has 0 saturated heterocycles. The van der Waals surface area contributed by atoms with Gasteiger partial charge in [-0.15, -0.1) is 0 Å². The van der Waals surface area contributed by atoms with E-state index in [-0.39, 0.29) is 5.41 Å². The maximum atomic E-state index is 5.83. The third kappa shape index (κ3) is 3.29. The standard InChI is InChI=1S/C12H21N3O/c1-5-12(2,3)8-14-11-9(13)6-7-10(15-11)16-4/h6-7H,5,8,13H2,1-4H3,(H,14,15). The van der Waals surface area contributed by atoms with Crippen LogP contribution in [-0.4, -0.2) is 18.6 Å². The van der Waals surface area contributed by atoms with E-state index >= 15 is 0 Å². The van der Waals surface area contributed by atoms with Crippen LogP contribution in [0.2, 0.25) is 0 Å². The molecule has 0 aromatic carbocycles. The van der Waals surface area contributed by atoms with Crippen LogP contribution in [0.25, 0.3) is 0 Å². The van der Waals surface area contributed by atoms with Crippen molar-refractivity contribution >= 4 is 11.5 Å². The highest BCUT2D eigenvalue weighted by molar-refractivity contribution is 5.61. The van der Waals surface area contributed by atoms with Crippen LogP contribution in [0.15, 0.2) is 12.1 Å². The molecular formula is C12H21N3O. The number of rotatable bonds is 5. The summed E-state index contributed by atoms with van der Waals surface area (Å²) in [5, 5.41) is 3.26. The summed E-state index contributed by atoms with van der Waals surface area (Å²) in [6.45, 7) is 7.42. The van der Waals surface area contributed by atoms with Gasteiger partial charge in [0.1, 0.15) is 0 Å². The van der Waals surface area contributed by atoms with E-state index in [0.29, 0.717) is 17.4 Å². The van der Waals surface area contributed by atoms with Gasteiger partial charge < -0.3 is 15.8 Å².